The molecule has 3 aliphatic rings. The number of hydrogen-bond donors (Lipinski definition) is 1. The molecule has 0 aromatic heterocycles. The first-order valence-electron chi connectivity index (χ1n) is 7.79. The highest BCUT2D eigenvalue weighted by Gasteiger charge is 2.35. The zero-order chi connectivity index (χ0) is 11.7. The van der Waals surface area contributed by atoms with E-state index in [0.717, 1.165) is 30.3 Å². The van der Waals surface area contributed by atoms with E-state index in [4.69, 9.17) is 5.73 Å². The Bertz CT molecular complexity index is 237. The minimum Gasteiger partial charge on any atom is -0.330 e. The van der Waals surface area contributed by atoms with E-state index in [2.05, 4.69) is 4.90 Å². The molecule has 98 valence electrons. The van der Waals surface area contributed by atoms with Crippen molar-refractivity contribution in [3.05, 3.63) is 0 Å². The number of nitrogens with zero attached hydrogens (tertiary/aromatic N) is 1. The number of hydrogen-bond acceptors (Lipinski definition) is 2. The van der Waals surface area contributed by atoms with Crippen molar-refractivity contribution in [3.8, 4) is 0 Å². The van der Waals surface area contributed by atoms with E-state index in [9.17, 15) is 0 Å². The van der Waals surface area contributed by atoms with Gasteiger partial charge in [-0.15, -0.1) is 0 Å². The minimum absolute atomic E-state index is 0.837. The van der Waals surface area contributed by atoms with Crippen LogP contribution in [0.1, 0.15) is 51.4 Å². The fourth-order valence-corrected chi connectivity index (χ4v) is 3.43. The predicted molar refractivity (Wildman–Crippen MR) is 71.8 cm³/mol. The van der Waals surface area contributed by atoms with Crippen molar-refractivity contribution in [2.45, 2.75) is 57.4 Å². The largest absolute Gasteiger partial charge is 0.330 e. The first-order valence-corrected chi connectivity index (χ1v) is 7.79. The molecule has 3 aliphatic carbocycles. The molecule has 0 spiro atoms. The molecule has 0 atom stereocenters. The van der Waals surface area contributed by atoms with Gasteiger partial charge in [-0.2, -0.15) is 0 Å². The summed E-state index contributed by atoms with van der Waals surface area (Å²) in [5.74, 6) is 2.89. The molecule has 2 N–H and O–H groups in total. The summed E-state index contributed by atoms with van der Waals surface area (Å²) in [4.78, 5) is 2.84. The molecule has 3 rings (SSSR count). The Morgan fingerprint density at radius 3 is 1.59 bits per heavy atom. The van der Waals surface area contributed by atoms with Crippen LogP contribution in [0.25, 0.3) is 0 Å². The van der Waals surface area contributed by atoms with E-state index in [-0.39, 0.29) is 0 Å². The second-order valence-electron chi connectivity index (χ2n) is 6.75. The molecule has 3 fully saturated rings. The van der Waals surface area contributed by atoms with Crippen LogP contribution in [-0.4, -0.2) is 30.6 Å². The zero-order valence-corrected chi connectivity index (χ0v) is 11.1. The molecule has 0 aromatic carbocycles. The summed E-state index contributed by atoms with van der Waals surface area (Å²) in [7, 11) is 0. The average molecular weight is 236 g/mol. The van der Waals surface area contributed by atoms with Crippen LogP contribution in [0.15, 0.2) is 0 Å². The van der Waals surface area contributed by atoms with Gasteiger partial charge in [0.2, 0.25) is 0 Å². The standard InChI is InChI=1S/C15H28N2/c16-9-12-1-3-13(4-2-12)10-17(15-7-8-15)11-14-5-6-14/h12-15H,1-11,16H2. The van der Waals surface area contributed by atoms with Gasteiger partial charge in [-0.25, -0.2) is 0 Å². The third kappa shape index (κ3) is 3.45. The van der Waals surface area contributed by atoms with Gasteiger partial charge >= 0.3 is 0 Å². The first-order chi connectivity index (χ1) is 8.35. The molecule has 2 heteroatoms. The van der Waals surface area contributed by atoms with Gasteiger partial charge < -0.3 is 5.73 Å². The molecular formula is C15H28N2. The van der Waals surface area contributed by atoms with Crippen LogP contribution in [-0.2, 0) is 0 Å². The van der Waals surface area contributed by atoms with Gasteiger partial charge in [0.1, 0.15) is 0 Å². The summed E-state index contributed by atoms with van der Waals surface area (Å²) in [6.45, 7) is 3.74. The van der Waals surface area contributed by atoms with Crippen molar-refractivity contribution in [1.29, 1.82) is 0 Å². The maximum Gasteiger partial charge on any atom is 0.00966 e. The molecule has 2 nitrogen and oxygen atoms in total. The highest BCUT2D eigenvalue weighted by molar-refractivity contribution is 4.90. The second-order valence-corrected chi connectivity index (χ2v) is 6.75. The van der Waals surface area contributed by atoms with Gasteiger partial charge in [0.15, 0.2) is 0 Å². The van der Waals surface area contributed by atoms with E-state index in [0.29, 0.717) is 0 Å². The fraction of sp³-hybridized carbons (Fsp3) is 1.00. The van der Waals surface area contributed by atoms with E-state index in [1.807, 2.05) is 0 Å². The summed E-state index contributed by atoms with van der Waals surface area (Å²) in [5.41, 5.74) is 5.77. The Morgan fingerprint density at radius 2 is 1.18 bits per heavy atom. The van der Waals surface area contributed by atoms with E-state index in [1.54, 1.807) is 0 Å². The molecule has 17 heavy (non-hydrogen) atoms. The number of nitrogens with two attached hydrogens (primary N) is 1. The van der Waals surface area contributed by atoms with Crippen molar-refractivity contribution in [3.63, 3.8) is 0 Å². The average Bonchev–Trinajstić information content (AvgIpc) is 3.22. The quantitative estimate of drug-likeness (QED) is 0.768. The monoisotopic (exact) mass is 236 g/mol. The zero-order valence-electron chi connectivity index (χ0n) is 11.1. The highest BCUT2D eigenvalue weighted by atomic mass is 15.2. The van der Waals surface area contributed by atoms with Crippen LogP contribution < -0.4 is 5.73 Å². The molecule has 0 amide bonds. The lowest BCUT2D eigenvalue weighted by atomic mass is 9.82. The summed E-state index contributed by atoms with van der Waals surface area (Å²) < 4.78 is 0. The van der Waals surface area contributed by atoms with Gasteiger partial charge in [-0.3, -0.25) is 4.90 Å². The summed E-state index contributed by atoms with van der Waals surface area (Å²) in [6.07, 6.45) is 11.6. The number of rotatable bonds is 6. The second kappa shape index (κ2) is 5.27. The minimum atomic E-state index is 0.837. The van der Waals surface area contributed by atoms with Gasteiger partial charge in [-0.05, 0) is 75.7 Å². The van der Waals surface area contributed by atoms with Crippen molar-refractivity contribution in [2.75, 3.05) is 19.6 Å². The Kier molecular flexibility index (Phi) is 3.72. The lowest BCUT2D eigenvalue weighted by molar-refractivity contribution is 0.170. The van der Waals surface area contributed by atoms with Crippen molar-refractivity contribution in [1.82, 2.24) is 4.90 Å². The van der Waals surface area contributed by atoms with Crippen LogP contribution in [0.3, 0.4) is 0 Å². The van der Waals surface area contributed by atoms with Crippen LogP contribution >= 0.6 is 0 Å². The van der Waals surface area contributed by atoms with Gasteiger partial charge in [0, 0.05) is 19.1 Å². The maximum absolute atomic E-state index is 5.77. The highest BCUT2D eigenvalue weighted by Crippen LogP contribution is 2.37. The molecule has 0 radical (unpaired) electrons. The summed E-state index contributed by atoms with van der Waals surface area (Å²) in [5, 5.41) is 0. The third-order valence-corrected chi connectivity index (χ3v) is 5.05. The van der Waals surface area contributed by atoms with Crippen LogP contribution in [0.4, 0.5) is 0 Å². The smallest absolute Gasteiger partial charge is 0.00966 e. The van der Waals surface area contributed by atoms with Crippen LogP contribution in [0.5, 0.6) is 0 Å². The van der Waals surface area contributed by atoms with Crippen LogP contribution in [0.2, 0.25) is 0 Å². The first kappa shape index (κ1) is 12.0. The van der Waals surface area contributed by atoms with Crippen molar-refractivity contribution in [2.24, 2.45) is 23.5 Å². The van der Waals surface area contributed by atoms with Gasteiger partial charge in [-0.1, -0.05) is 0 Å². The Hall–Kier alpha value is -0.0800. The molecule has 3 saturated carbocycles. The molecule has 0 heterocycles. The van der Waals surface area contributed by atoms with E-state index < -0.39 is 0 Å². The lowest BCUT2D eigenvalue weighted by Crippen LogP contribution is -2.35. The normalized spacial score (nSPS) is 34.2. The molecule has 0 unspecified atom stereocenters. The van der Waals surface area contributed by atoms with Crippen molar-refractivity contribution < 1.29 is 0 Å². The molecule has 0 aromatic rings. The van der Waals surface area contributed by atoms with E-state index >= 15 is 0 Å². The SMILES string of the molecule is NCC1CCC(CN(CC2CC2)C2CC2)CC1. The topological polar surface area (TPSA) is 29.3 Å². The third-order valence-electron chi connectivity index (χ3n) is 5.05. The molecule has 0 saturated heterocycles. The Morgan fingerprint density at radius 1 is 0.706 bits per heavy atom. The summed E-state index contributed by atoms with van der Waals surface area (Å²) in [6, 6.07) is 0.975. The summed E-state index contributed by atoms with van der Waals surface area (Å²) >= 11 is 0. The van der Waals surface area contributed by atoms with E-state index in [1.165, 1.54) is 64.5 Å². The lowest BCUT2D eigenvalue weighted by Gasteiger charge is -2.32. The van der Waals surface area contributed by atoms with Crippen molar-refractivity contribution >= 4 is 0 Å². The van der Waals surface area contributed by atoms with Crippen LogP contribution in [0, 0.1) is 17.8 Å². The molecule has 0 bridgehead atoms. The van der Waals surface area contributed by atoms with Gasteiger partial charge in [0.05, 0.1) is 0 Å². The Labute approximate surface area is 106 Å². The fourth-order valence-electron chi connectivity index (χ4n) is 3.43. The maximum atomic E-state index is 5.77. The molecule has 0 aliphatic heterocycles. The molecular weight excluding hydrogens is 208 g/mol. The predicted octanol–water partition coefficient (Wildman–Crippen LogP) is 2.63. The van der Waals surface area contributed by atoms with Gasteiger partial charge in [0.25, 0.3) is 0 Å². The Balaban J connectivity index is 1.44.